The molecular formula is C16H19N5OS. The summed E-state index contributed by atoms with van der Waals surface area (Å²) >= 11 is 1.65. The SMILES string of the molecule is CCc1c(C)nc(N)nc1N1N=C1SCCOc1ccccc1. The van der Waals surface area contributed by atoms with Crippen molar-refractivity contribution in [1.82, 2.24) is 9.97 Å². The van der Waals surface area contributed by atoms with Crippen molar-refractivity contribution in [2.24, 2.45) is 5.10 Å². The van der Waals surface area contributed by atoms with Crippen molar-refractivity contribution in [1.29, 1.82) is 0 Å². The molecular weight excluding hydrogens is 310 g/mol. The number of para-hydroxylation sites is 1. The highest BCUT2D eigenvalue weighted by Gasteiger charge is 2.30. The summed E-state index contributed by atoms with van der Waals surface area (Å²) in [6, 6.07) is 9.79. The molecule has 1 aromatic heterocycles. The number of thioether (sulfide) groups is 1. The van der Waals surface area contributed by atoms with Crippen LogP contribution in [0.25, 0.3) is 0 Å². The van der Waals surface area contributed by atoms with E-state index < -0.39 is 0 Å². The zero-order valence-electron chi connectivity index (χ0n) is 13.2. The fourth-order valence-corrected chi connectivity index (χ4v) is 2.99. The van der Waals surface area contributed by atoms with E-state index in [-0.39, 0.29) is 5.95 Å². The van der Waals surface area contributed by atoms with Gasteiger partial charge in [-0.25, -0.2) is 4.98 Å². The van der Waals surface area contributed by atoms with Crippen LogP contribution in [0.3, 0.4) is 0 Å². The van der Waals surface area contributed by atoms with E-state index in [2.05, 4.69) is 22.0 Å². The van der Waals surface area contributed by atoms with Crippen LogP contribution in [0.1, 0.15) is 18.2 Å². The number of nitrogens with zero attached hydrogens (tertiary/aromatic N) is 4. The third kappa shape index (κ3) is 3.73. The predicted molar refractivity (Wildman–Crippen MR) is 94.9 cm³/mol. The number of ether oxygens (including phenoxy) is 1. The normalized spacial score (nSPS) is 13.0. The second-order valence-corrected chi connectivity index (χ2v) is 6.09. The first-order valence-electron chi connectivity index (χ1n) is 7.51. The molecule has 0 spiro atoms. The molecule has 7 heteroatoms. The molecule has 0 atom stereocenters. The minimum absolute atomic E-state index is 0.286. The van der Waals surface area contributed by atoms with Crippen LogP contribution < -0.4 is 15.5 Å². The smallest absolute Gasteiger partial charge is 0.222 e. The first kappa shape index (κ1) is 15.6. The first-order chi connectivity index (χ1) is 11.2. The molecule has 2 N–H and O–H groups in total. The Bertz CT molecular complexity index is 720. The van der Waals surface area contributed by atoms with Crippen molar-refractivity contribution < 1.29 is 4.74 Å². The number of aryl methyl sites for hydroxylation is 1. The van der Waals surface area contributed by atoms with Gasteiger partial charge in [0.2, 0.25) is 11.1 Å². The zero-order valence-corrected chi connectivity index (χ0v) is 14.0. The topological polar surface area (TPSA) is 76.4 Å². The van der Waals surface area contributed by atoms with Gasteiger partial charge in [-0.1, -0.05) is 36.9 Å². The summed E-state index contributed by atoms with van der Waals surface area (Å²) in [5.74, 6) is 2.79. The number of hydrogen-bond acceptors (Lipinski definition) is 7. The lowest BCUT2D eigenvalue weighted by Crippen LogP contribution is -2.11. The Morgan fingerprint density at radius 3 is 2.74 bits per heavy atom. The number of benzene rings is 1. The lowest BCUT2D eigenvalue weighted by Gasteiger charge is -2.10. The van der Waals surface area contributed by atoms with Crippen LogP contribution >= 0.6 is 11.8 Å². The Morgan fingerprint density at radius 2 is 2.00 bits per heavy atom. The van der Waals surface area contributed by atoms with E-state index in [1.54, 1.807) is 11.8 Å². The molecule has 0 amide bonds. The van der Waals surface area contributed by atoms with E-state index in [0.717, 1.165) is 40.2 Å². The van der Waals surface area contributed by atoms with Gasteiger partial charge in [-0.15, -0.1) is 5.10 Å². The summed E-state index contributed by atoms with van der Waals surface area (Å²) in [5.41, 5.74) is 7.75. The molecule has 1 aliphatic heterocycles. The van der Waals surface area contributed by atoms with Gasteiger partial charge in [0.05, 0.1) is 6.61 Å². The Kier molecular flexibility index (Phi) is 4.66. The molecule has 0 bridgehead atoms. The van der Waals surface area contributed by atoms with Crippen LogP contribution in [-0.4, -0.2) is 27.5 Å². The predicted octanol–water partition coefficient (Wildman–Crippen LogP) is 2.83. The molecule has 120 valence electrons. The summed E-state index contributed by atoms with van der Waals surface area (Å²) in [6.45, 7) is 4.66. The van der Waals surface area contributed by atoms with Gasteiger partial charge in [0, 0.05) is 17.0 Å². The van der Waals surface area contributed by atoms with Crippen molar-refractivity contribution in [3.05, 3.63) is 41.6 Å². The van der Waals surface area contributed by atoms with E-state index >= 15 is 0 Å². The monoisotopic (exact) mass is 329 g/mol. The third-order valence-electron chi connectivity index (χ3n) is 3.42. The molecule has 0 fully saturated rings. The molecule has 2 heterocycles. The molecule has 0 saturated carbocycles. The minimum Gasteiger partial charge on any atom is -0.493 e. The number of hydrogen-bond donors (Lipinski definition) is 1. The molecule has 0 saturated heterocycles. The van der Waals surface area contributed by atoms with Gasteiger partial charge < -0.3 is 10.5 Å². The number of rotatable bonds is 6. The maximum atomic E-state index is 5.75. The van der Waals surface area contributed by atoms with Crippen LogP contribution in [0, 0.1) is 6.92 Å². The zero-order chi connectivity index (χ0) is 16.2. The molecule has 0 unspecified atom stereocenters. The Balaban J connectivity index is 1.51. The number of aromatic nitrogens is 2. The van der Waals surface area contributed by atoms with Gasteiger partial charge in [-0.3, -0.25) is 0 Å². The number of nitrogen functional groups attached to an aromatic ring is 1. The fraction of sp³-hybridized carbons (Fsp3) is 0.312. The van der Waals surface area contributed by atoms with E-state index in [9.17, 15) is 0 Å². The standard InChI is InChI=1S/C16H19N5OS/c1-3-13-11(2)18-15(17)19-14(13)21-16(20-21)23-10-9-22-12-7-5-4-6-8-12/h4-8H,3,9-10H2,1-2H3,(H2,17,18,19). The maximum Gasteiger partial charge on any atom is 0.222 e. The minimum atomic E-state index is 0.286. The van der Waals surface area contributed by atoms with Gasteiger partial charge in [-0.2, -0.15) is 9.99 Å². The molecule has 6 nitrogen and oxygen atoms in total. The molecule has 1 aliphatic rings. The summed E-state index contributed by atoms with van der Waals surface area (Å²) in [7, 11) is 0. The summed E-state index contributed by atoms with van der Waals surface area (Å²) < 4.78 is 5.67. The second-order valence-electron chi connectivity index (χ2n) is 5.03. The Labute approximate surface area is 139 Å². The van der Waals surface area contributed by atoms with Crippen molar-refractivity contribution in [2.75, 3.05) is 23.1 Å². The van der Waals surface area contributed by atoms with E-state index in [1.165, 1.54) is 0 Å². The third-order valence-corrected chi connectivity index (χ3v) is 4.30. The number of nitrogens with two attached hydrogens (primary N) is 1. The summed E-state index contributed by atoms with van der Waals surface area (Å²) in [6.07, 6.45) is 0.850. The van der Waals surface area contributed by atoms with Gasteiger partial charge in [-0.05, 0) is 25.5 Å². The van der Waals surface area contributed by atoms with Crippen LogP contribution in [0.2, 0.25) is 0 Å². The van der Waals surface area contributed by atoms with Crippen LogP contribution in [0.4, 0.5) is 11.8 Å². The van der Waals surface area contributed by atoms with Crippen LogP contribution in [0.5, 0.6) is 5.75 Å². The van der Waals surface area contributed by atoms with Gasteiger partial charge in [0.1, 0.15) is 5.75 Å². The number of anilines is 2. The molecule has 23 heavy (non-hydrogen) atoms. The first-order valence-corrected chi connectivity index (χ1v) is 8.50. The highest BCUT2D eigenvalue weighted by Crippen LogP contribution is 2.32. The second kappa shape index (κ2) is 6.87. The van der Waals surface area contributed by atoms with Crippen molar-refractivity contribution in [3.8, 4) is 5.75 Å². The Morgan fingerprint density at radius 1 is 1.22 bits per heavy atom. The lowest BCUT2D eigenvalue weighted by molar-refractivity contribution is 0.344. The quantitative estimate of drug-likeness (QED) is 0.821. The highest BCUT2D eigenvalue weighted by atomic mass is 32.2. The van der Waals surface area contributed by atoms with Crippen molar-refractivity contribution >= 4 is 28.7 Å². The van der Waals surface area contributed by atoms with Crippen LogP contribution in [0.15, 0.2) is 35.4 Å². The summed E-state index contributed by atoms with van der Waals surface area (Å²) in [4.78, 5) is 8.54. The largest absolute Gasteiger partial charge is 0.493 e. The van der Waals surface area contributed by atoms with E-state index in [0.29, 0.717) is 6.61 Å². The summed E-state index contributed by atoms with van der Waals surface area (Å²) in [5, 5.41) is 7.14. The van der Waals surface area contributed by atoms with E-state index in [4.69, 9.17) is 10.5 Å². The number of hydrazone groups is 1. The molecule has 3 rings (SSSR count). The molecule has 0 aliphatic carbocycles. The molecule has 0 radical (unpaired) electrons. The average molecular weight is 329 g/mol. The van der Waals surface area contributed by atoms with Gasteiger partial charge >= 0.3 is 0 Å². The molecule has 2 aromatic rings. The fourth-order valence-electron chi connectivity index (χ4n) is 2.29. The average Bonchev–Trinajstić information content (AvgIpc) is 3.31. The lowest BCUT2D eigenvalue weighted by atomic mass is 10.2. The number of amidine groups is 1. The highest BCUT2D eigenvalue weighted by molar-refractivity contribution is 8.14. The van der Waals surface area contributed by atoms with Crippen molar-refractivity contribution in [3.63, 3.8) is 0 Å². The maximum absolute atomic E-state index is 5.75. The van der Waals surface area contributed by atoms with E-state index in [1.807, 2.05) is 42.3 Å². The van der Waals surface area contributed by atoms with Crippen molar-refractivity contribution in [2.45, 2.75) is 20.3 Å². The Hall–Kier alpha value is -2.28. The van der Waals surface area contributed by atoms with Crippen LogP contribution in [-0.2, 0) is 6.42 Å². The van der Waals surface area contributed by atoms with Gasteiger partial charge in [0.15, 0.2) is 5.82 Å². The van der Waals surface area contributed by atoms with Gasteiger partial charge in [0.25, 0.3) is 0 Å². The molecule has 1 aromatic carbocycles.